The van der Waals surface area contributed by atoms with Gasteiger partial charge in [-0.15, -0.1) is 5.10 Å². The van der Waals surface area contributed by atoms with Gasteiger partial charge in [0.15, 0.2) is 0 Å². The molecule has 3 aliphatic rings. The Hall–Kier alpha value is -3.19. The molecule has 2 aliphatic heterocycles. The molecule has 3 aromatic rings. The van der Waals surface area contributed by atoms with Crippen molar-refractivity contribution in [2.24, 2.45) is 0 Å². The van der Waals surface area contributed by atoms with Crippen molar-refractivity contribution < 1.29 is 19.1 Å². The molecule has 2 aromatic carbocycles. The molecule has 2 bridgehead atoms. The summed E-state index contributed by atoms with van der Waals surface area (Å²) >= 11 is 0. The van der Waals surface area contributed by atoms with Gasteiger partial charge in [0.25, 0.3) is 0 Å². The molecule has 2 N–H and O–H groups in total. The number of hydrogen-bond donors (Lipinski definition) is 2. The summed E-state index contributed by atoms with van der Waals surface area (Å²) in [6.07, 6.45) is 3.69. The Bertz CT molecular complexity index is 1220. The van der Waals surface area contributed by atoms with Crippen molar-refractivity contribution in [3.63, 3.8) is 0 Å². The van der Waals surface area contributed by atoms with Crippen LogP contribution in [-0.2, 0) is 20.4 Å². The third kappa shape index (κ3) is 4.57. The zero-order valence-corrected chi connectivity index (χ0v) is 20.9. The van der Waals surface area contributed by atoms with E-state index in [0.29, 0.717) is 18.5 Å². The predicted octanol–water partition coefficient (Wildman–Crippen LogP) is 6.14. The highest BCUT2D eigenvalue weighted by Crippen LogP contribution is 2.52. The van der Waals surface area contributed by atoms with Crippen molar-refractivity contribution in [3.8, 4) is 11.1 Å². The number of benzene rings is 2. The Labute approximate surface area is 205 Å². The van der Waals surface area contributed by atoms with Crippen LogP contribution in [0.15, 0.2) is 46.9 Å². The minimum atomic E-state index is -0.770. The van der Waals surface area contributed by atoms with Gasteiger partial charge in [-0.3, -0.25) is 4.79 Å². The fraction of sp³-hybridized carbons (Fsp3) is 0.464. The highest BCUT2D eigenvalue weighted by molar-refractivity contribution is 5.69. The number of nitrogens with zero attached hydrogens (tertiary/aromatic N) is 2. The first kappa shape index (κ1) is 23.5. The van der Waals surface area contributed by atoms with Crippen molar-refractivity contribution in [1.29, 1.82) is 0 Å². The van der Waals surface area contributed by atoms with E-state index < -0.39 is 11.6 Å². The van der Waals surface area contributed by atoms with Gasteiger partial charge >= 0.3 is 12.0 Å². The minimum Gasteiger partial charge on any atom is -0.481 e. The van der Waals surface area contributed by atoms with E-state index >= 15 is 0 Å². The van der Waals surface area contributed by atoms with Gasteiger partial charge in [-0.2, -0.15) is 0 Å². The van der Waals surface area contributed by atoms with Gasteiger partial charge in [-0.1, -0.05) is 56.2 Å². The number of hydrogen-bond acceptors (Lipinski definition) is 6. The molecule has 3 fully saturated rings. The topological polar surface area (TPSA) is 97.5 Å². The van der Waals surface area contributed by atoms with E-state index in [0.717, 1.165) is 42.5 Å². The number of fused-ring (bicyclic) bond motifs is 3. The van der Waals surface area contributed by atoms with E-state index in [2.05, 4.69) is 52.8 Å². The van der Waals surface area contributed by atoms with Crippen molar-refractivity contribution >= 4 is 17.7 Å². The molecule has 0 unspecified atom stereocenters. The summed E-state index contributed by atoms with van der Waals surface area (Å²) in [6, 6.07) is 15.2. The third-order valence-electron chi connectivity index (χ3n) is 7.58. The van der Waals surface area contributed by atoms with Crippen molar-refractivity contribution in [2.45, 2.75) is 76.2 Å². The second-order valence-corrected chi connectivity index (χ2v) is 11.2. The molecule has 0 spiro atoms. The Morgan fingerprint density at radius 3 is 2.26 bits per heavy atom. The Morgan fingerprint density at radius 2 is 1.71 bits per heavy atom. The second kappa shape index (κ2) is 8.48. The molecular formula is C28H33N3O4. The maximum Gasteiger partial charge on any atom is 0.320 e. The van der Waals surface area contributed by atoms with Crippen LogP contribution in [-0.4, -0.2) is 33.5 Å². The van der Waals surface area contributed by atoms with Gasteiger partial charge < -0.3 is 19.6 Å². The van der Waals surface area contributed by atoms with Gasteiger partial charge in [0, 0.05) is 16.5 Å². The largest absolute Gasteiger partial charge is 0.481 e. The van der Waals surface area contributed by atoms with Crippen LogP contribution >= 0.6 is 0 Å². The summed E-state index contributed by atoms with van der Waals surface area (Å²) in [4.78, 5) is 11.3. The lowest BCUT2D eigenvalue weighted by Crippen LogP contribution is -2.54. The van der Waals surface area contributed by atoms with E-state index in [9.17, 15) is 9.90 Å². The molecule has 7 heteroatoms. The van der Waals surface area contributed by atoms with E-state index in [4.69, 9.17) is 9.15 Å². The van der Waals surface area contributed by atoms with E-state index in [1.54, 1.807) is 0 Å². The monoisotopic (exact) mass is 475 g/mol. The lowest BCUT2D eigenvalue weighted by molar-refractivity contribution is -0.175. The van der Waals surface area contributed by atoms with Crippen LogP contribution in [0.4, 0.5) is 11.7 Å². The maximum atomic E-state index is 11.3. The normalized spacial score (nSPS) is 23.9. The number of nitrogens with one attached hydrogen (secondary N) is 1. The Kier molecular flexibility index (Phi) is 5.71. The second-order valence-electron chi connectivity index (χ2n) is 11.2. The van der Waals surface area contributed by atoms with Gasteiger partial charge in [0.1, 0.15) is 0 Å². The Morgan fingerprint density at radius 1 is 1.03 bits per heavy atom. The smallest absolute Gasteiger partial charge is 0.320 e. The Balaban J connectivity index is 1.29. The predicted molar refractivity (Wildman–Crippen MR) is 134 cm³/mol. The summed E-state index contributed by atoms with van der Waals surface area (Å²) in [5.41, 5.74) is 5.09. The number of aryl methyl sites for hydroxylation is 1. The number of carbonyl (C=O) groups is 1. The van der Waals surface area contributed by atoms with Crippen LogP contribution in [0.25, 0.3) is 11.1 Å². The maximum absolute atomic E-state index is 11.3. The average molecular weight is 476 g/mol. The first-order valence-electron chi connectivity index (χ1n) is 12.3. The zero-order chi connectivity index (χ0) is 24.8. The van der Waals surface area contributed by atoms with E-state index in [-0.39, 0.29) is 17.3 Å². The minimum absolute atomic E-state index is 0.00731. The average Bonchev–Trinajstić information content (AvgIpc) is 3.29. The highest BCUT2D eigenvalue weighted by Gasteiger charge is 2.51. The first-order valence-corrected chi connectivity index (χ1v) is 12.3. The summed E-state index contributed by atoms with van der Waals surface area (Å²) in [5, 5.41) is 20.7. The molecule has 0 radical (unpaired) electrons. The quantitative estimate of drug-likeness (QED) is 0.442. The molecule has 0 atom stereocenters. The summed E-state index contributed by atoms with van der Waals surface area (Å²) in [7, 11) is 0. The van der Waals surface area contributed by atoms with Gasteiger partial charge in [0.2, 0.25) is 5.89 Å². The van der Waals surface area contributed by atoms with Crippen LogP contribution in [0.1, 0.15) is 69.9 Å². The molecule has 3 heterocycles. The number of rotatable bonds is 6. The summed E-state index contributed by atoms with van der Waals surface area (Å²) in [6.45, 7) is 8.88. The molecule has 2 saturated heterocycles. The molecule has 6 rings (SSSR count). The van der Waals surface area contributed by atoms with Crippen LogP contribution in [0, 0.1) is 6.92 Å². The van der Waals surface area contributed by atoms with E-state index in [1.807, 2.05) is 32.9 Å². The standard InChI is InChI=1S/C28H33N3O4/c1-18-15-20(7-10-22(18)27-11-13-28(14-12-27,34-17-27)16-23(32)33)19-5-8-21(9-6-19)29-25-31-30-24(35-25)26(2,3)4/h5-10,15H,11-14,16-17H2,1-4H3,(H,29,31)(H,32,33). The third-order valence-corrected chi connectivity index (χ3v) is 7.58. The lowest BCUT2D eigenvalue weighted by Gasteiger charge is -2.53. The van der Waals surface area contributed by atoms with E-state index in [1.165, 1.54) is 11.1 Å². The number of ether oxygens (including phenoxy) is 1. The fourth-order valence-electron chi connectivity index (χ4n) is 5.50. The lowest BCUT2D eigenvalue weighted by atomic mass is 9.61. The summed E-state index contributed by atoms with van der Waals surface area (Å²) < 4.78 is 11.9. The number of anilines is 2. The number of carboxylic acids is 1. The van der Waals surface area contributed by atoms with Gasteiger partial charge in [-0.25, -0.2) is 0 Å². The number of aliphatic carboxylic acids is 1. The zero-order valence-electron chi connectivity index (χ0n) is 20.9. The highest BCUT2D eigenvalue weighted by atomic mass is 16.5. The van der Waals surface area contributed by atoms with Crippen LogP contribution in [0.3, 0.4) is 0 Å². The van der Waals surface area contributed by atoms with Crippen LogP contribution in [0.5, 0.6) is 0 Å². The van der Waals surface area contributed by atoms with Crippen LogP contribution < -0.4 is 5.32 Å². The molecule has 7 nitrogen and oxygen atoms in total. The van der Waals surface area contributed by atoms with Crippen molar-refractivity contribution in [3.05, 3.63) is 59.5 Å². The van der Waals surface area contributed by atoms with Crippen molar-refractivity contribution in [2.75, 3.05) is 11.9 Å². The first-order chi connectivity index (χ1) is 16.6. The van der Waals surface area contributed by atoms with Crippen molar-refractivity contribution in [1.82, 2.24) is 10.2 Å². The molecule has 184 valence electrons. The molecule has 35 heavy (non-hydrogen) atoms. The fourth-order valence-corrected chi connectivity index (χ4v) is 5.50. The summed E-state index contributed by atoms with van der Waals surface area (Å²) in [5.74, 6) is -0.173. The molecule has 1 aromatic heterocycles. The molecule has 1 aliphatic carbocycles. The molecular weight excluding hydrogens is 442 g/mol. The molecule has 1 saturated carbocycles. The van der Waals surface area contributed by atoms with Crippen LogP contribution in [0.2, 0.25) is 0 Å². The number of carboxylic acid groups (broad SMARTS) is 1. The molecule has 0 amide bonds. The van der Waals surface area contributed by atoms with Gasteiger partial charge in [0.05, 0.1) is 18.6 Å². The number of aromatic nitrogens is 2. The SMILES string of the molecule is Cc1cc(-c2ccc(Nc3nnc(C(C)(C)C)o3)cc2)ccc1C12CCC(CC(=O)O)(CC1)OC2. The van der Waals surface area contributed by atoms with Gasteiger partial charge in [-0.05, 0) is 67.0 Å².